The number of nitrogens with zero attached hydrogens (tertiary/aromatic N) is 2. The van der Waals surface area contributed by atoms with E-state index in [0.29, 0.717) is 29.5 Å². The second-order valence-corrected chi connectivity index (χ2v) is 12.7. The summed E-state index contributed by atoms with van der Waals surface area (Å²) in [4.78, 5) is 27.6. The number of hydrogen-bond donors (Lipinski definition) is 2. The summed E-state index contributed by atoms with van der Waals surface area (Å²) in [6.45, 7) is 1.86. The molecule has 1 aromatic carbocycles. The summed E-state index contributed by atoms with van der Waals surface area (Å²) in [7, 11) is -4.83. The fraction of sp³-hybridized carbons (Fsp3) is 0.542. The summed E-state index contributed by atoms with van der Waals surface area (Å²) in [5.41, 5.74) is -3.35. The largest absolute Gasteiger partial charge is 0.486 e. The molecule has 1 aromatic heterocycles. The smallest absolute Gasteiger partial charge is 0.427 e. The molecule has 0 saturated heterocycles. The number of rotatable bonds is 10. The standard InChI is InChI=1S/C24H27F6N3O8S2/c1-5-17-32-18(20(42-17)39-11-23(25,26)27)43(37,38)33-10-14(8-12(2)19(34)35)40-16-7-6-13(9-15(16)33)31-21(36)41-22(3,4)24(28,29)30/h6-7,9,12,14H,5,8,10-11H2,1-4H3,(H,31,36)(H,34,35)/t12-,14+/m1/s1. The molecule has 0 bridgehead atoms. The van der Waals surface area contributed by atoms with Crippen LogP contribution in [-0.4, -0.2) is 67.8 Å². The van der Waals surface area contributed by atoms with E-state index in [1.807, 2.05) is 0 Å². The Labute approximate surface area is 245 Å². The Morgan fingerprint density at radius 2 is 1.88 bits per heavy atom. The number of carbonyl (C=O) groups is 2. The number of aryl methyl sites for hydroxylation is 1. The third kappa shape index (κ3) is 8.12. The molecule has 19 heteroatoms. The van der Waals surface area contributed by atoms with Crippen LogP contribution in [0.25, 0.3) is 0 Å². The van der Waals surface area contributed by atoms with Crippen molar-refractivity contribution in [1.82, 2.24) is 4.98 Å². The Hall–Kier alpha value is -3.48. The van der Waals surface area contributed by atoms with Crippen LogP contribution in [0.1, 0.15) is 39.1 Å². The number of alkyl halides is 6. The van der Waals surface area contributed by atoms with E-state index < -0.39 is 75.3 Å². The molecular weight excluding hydrogens is 636 g/mol. The first-order valence-electron chi connectivity index (χ1n) is 12.5. The second-order valence-electron chi connectivity index (χ2n) is 9.91. The van der Waals surface area contributed by atoms with Gasteiger partial charge in [-0.15, -0.1) is 0 Å². The molecule has 0 fully saturated rings. The van der Waals surface area contributed by atoms with Crippen molar-refractivity contribution >= 4 is 44.8 Å². The normalized spacial score (nSPS) is 16.6. The van der Waals surface area contributed by atoms with Gasteiger partial charge in [0.1, 0.15) is 11.9 Å². The molecule has 11 nitrogen and oxygen atoms in total. The summed E-state index contributed by atoms with van der Waals surface area (Å²) in [5.74, 6) is -2.31. The van der Waals surface area contributed by atoms with Crippen molar-refractivity contribution in [2.45, 2.75) is 69.6 Å². The van der Waals surface area contributed by atoms with Gasteiger partial charge in [0, 0.05) is 5.69 Å². The van der Waals surface area contributed by atoms with Crippen LogP contribution in [0.3, 0.4) is 0 Å². The van der Waals surface area contributed by atoms with Gasteiger partial charge in [-0.2, -0.15) is 34.8 Å². The lowest BCUT2D eigenvalue weighted by Crippen LogP contribution is -2.45. The molecule has 2 aromatic rings. The van der Waals surface area contributed by atoms with Crippen molar-refractivity contribution in [3.63, 3.8) is 0 Å². The van der Waals surface area contributed by atoms with E-state index in [0.717, 1.165) is 6.07 Å². The van der Waals surface area contributed by atoms with E-state index in [1.54, 1.807) is 6.92 Å². The van der Waals surface area contributed by atoms with Gasteiger partial charge < -0.3 is 19.3 Å². The fourth-order valence-corrected chi connectivity index (χ4v) is 6.37. The molecule has 0 saturated carbocycles. The molecule has 0 aliphatic carbocycles. The minimum Gasteiger partial charge on any atom is -0.486 e. The van der Waals surface area contributed by atoms with E-state index in [2.05, 4.69) is 15.0 Å². The molecule has 1 aliphatic heterocycles. The van der Waals surface area contributed by atoms with Crippen molar-refractivity contribution in [2.75, 3.05) is 22.8 Å². The number of halogens is 6. The van der Waals surface area contributed by atoms with Crippen molar-refractivity contribution in [1.29, 1.82) is 0 Å². The number of amides is 1. The zero-order chi connectivity index (χ0) is 32.5. The maximum Gasteiger partial charge on any atom is 0.427 e. The predicted octanol–water partition coefficient (Wildman–Crippen LogP) is 5.60. The number of fused-ring (bicyclic) bond motifs is 1. The highest BCUT2D eigenvalue weighted by Gasteiger charge is 2.51. The summed E-state index contributed by atoms with van der Waals surface area (Å²) in [6, 6.07) is 3.39. The molecular formula is C24H27F6N3O8S2. The Morgan fingerprint density at radius 3 is 2.44 bits per heavy atom. The van der Waals surface area contributed by atoms with Gasteiger partial charge in [-0.25, -0.2) is 9.78 Å². The quantitative estimate of drug-likeness (QED) is 0.310. The predicted molar refractivity (Wildman–Crippen MR) is 140 cm³/mol. The number of thiazole rings is 1. The van der Waals surface area contributed by atoms with Crippen LogP contribution < -0.4 is 19.1 Å². The summed E-state index contributed by atoms with van der Waals surface area (Å²) in [5, 5.41) is 10.1. The molecule has 1 amide bonds. The average molecular weight is 664 g/mol. The van der Waals surface area contributed by atoms with Crippen LogP contribution in [0.2, 0.25) is 0 Å². The Balaban J connectivity index is 2.05. The van der Waals surface area contributed by atoms with Gasteiger partial charge in [-0.3, -0.25) is 14.4 Å². The number of carbonyl (C=O) groups excluding carboxylic acids is 1. The average Bonchev–Trinajstić information content (AvgIpc) is 3.30. The first kappa shape index (κ1) is 34.0. The summed E-state index contributed by atoms with van der Waals surface area (Å²) in [6.07, 6.45) is -12.3. The molecule has 0 radical (unpaired) electrons. The molecule has 0 spiro atoms. The fourth-order valence-electron chi connectivity index (χ4n) is 3.66. The third-order valence-electron chi connectivity index (χ3n) is 6.02. The van der Waals surface area contributed by atoms with Gasteiger partial charge >= 0.3 is 24.4 Å². The van der Waals surface area contributed by atoms with E-state index in [4.69, 9.17) is 9.47 Å². The van der Waals surface area contributed by atoms with E-state index in [-0.39, 0.29) is 35.0 Å². The zero-order valence-corrected chi connectivity index (χ0v) is 24.6. The van der Waals surface area contributed by atoms with Gasteiger partial charge in [-0.1, -0.05) is 25.2 Å². The molecule has 3 rings (SSSR count). The maximum atomic E-state index is 13.9. The molecule has 240 valence electrons. The van der Waals surface area contributed by atoms with Crippen molar-refractivity contribution < 1.29 is 63.7 Å². The van der Waals surface area contributed by atoms with Crippen LogP contribution in [0.4, 0.5) is 42.5 Å². The minimum absolute atomic E-state index is 0.129. The second kappa shape index (κ2) is 12.3. The van der Waals surface area contributed by atoms with Crippen molar-refractivity contribution in [3.05, 3.63) is 23.2 Å². The van der Waals surface area contributed by atoms with E-state index in [1.165, 1.54) is 19.1 Å². The number of carboxylic acid groups (broad SMARTS) is 1. The molecule has 0 unspecified atom stereocenters. The Bertz CT molecular complexity index is 1460. The number of sulfonamides is 1. The lowest BCUT2D eigenvalue weighted by Gasteiger charge is -2.36. The van der Waals surface area contributed by atoms with Gasteiger partial charge in [0.25, 0.3) is 10.0 Å². The molecule has 1 aliphatic rings. The number of ether oxygens (including phenoxy) is 3. The third-order valence-corrected chi connectivity index (χ3v) is 8.95. The van der Waals surface area contributed by atoms with E-state index in [9.17, 15) is 49.5 Å². The number of aromatic nitrogens is 1. The number of aliphatic carboxylic acids is 1. The number of anilines is 2. The van der Waals surface area contributed by atoms with Crippen LogP contribution in [-0.2, 0) is 26.0 Å². The summed E-state index contributed by atoms with van der Waals surface area (Å²) >= 11 is 0.593. The number of carboxylic acids is 1. The van der Waals surface area contributed by atoms with Crippen LogP contribution in [0, 0.1) is 5.92 Å². The number of benzene rings is 1. The molecule has 2 N–H and O–H groups in total. The first-order valence-corrected chi connectivity index (χ1v) is 14.7. The lowest BCUT2D eigenvalue weighted by atomic mass is 10.0. The topological polar surface area (TPSA) is 144 Å². The van der Waals surface area contributed by atoms with Gasteiger partial charge in [0.2, 0.25) is 15.7 Å². The zero-order valence-electron chi connectivity index (χ0n) is 23.0. The molecule has 2 heterocycles. The van der Waals surface area contributed by atoms with Gasteiger partial charge in [0.05, 0.1) is 23.2 Å². The highest BCUT2D eigenvalue weighted by atomic mass is 32.2. The SMILES string of the molecule is CCc1nc(S(=O)(=O)N2C[C@H](C[C@@H](C)C(=O)O)Oc3ccc(NC(=O)OC(C)(C)C(F)(F)F)cc32)c(OCC(F)(F)F)s1. The highest BCUT2D eigenvalue weighted by molar-refractivity contribution is 7.93. The van der Waals surface area contributed by atoms with Gasteiger partial charge in [-0.05, 0) is 44.9 Å². The minimum atomic E-state index is -4.90. The van der Waals surface area contributed by atoms with Crippen molar-refractivity contribution in [3.8, 4) is 10.8 Å². The summed E-state index contributed by atoms with van der Waals surface area (Å²) < 4.78 is 122. The van der Waals surface area contributed by atoms with Crippen molar-refractivity contribution in [2.24, 2.45) is 5.92 Å². The highest BCUT2D eigenvalue weighted by Crippen LogP contribution is 2.43. The Kier molecular flexibility index (Phi) is 9.69. The van der Waals surface area contributed by atoms with E-state index >= 15 is 0 Å². The van der Waals surface area contributed by atoms with Crippen LogP contribution in [0.5, 0.6) is 10.8 Å². The first-order chi connectivity index (χ1) is 19.6. The monoisotopic (exact) mass is 663 g/mol. The van der Waals surface area contributed by atoms with Crippen LogP contribution >= 0.6 is 11.3 Å². The number of hydrogen-bond acceptors (Lipinski definition) is 9. The number of nitrogens with one attached hydrogen (secondary N) is 1. The molecule has 2 atom stereocenters. The maximum absolute atomic E-state index is 13.9. The Morgan fingerprint density at radius 1 is 1.23 bits per heavy atom. The lowest BCUT2D eigenvalue weighted by molar-refractivity contribution is -0.242. The van der Waals surface area contributed by atoms with Crippen LogP contribution in [0.15, 0.2) is 23.2 Å². The van der Waals surface area contributed by atoms with Gasteiger partial charge in [0.15, 0.2) is 6.61 Å². The molecule has 43 heavy (non-hydrogen) atoms.